The number of ether oxygens (including phenoxy) is 1. The average Bonchev–Trinajstić information content (AvgIpc) is 2.60. The molecule has 26 heavy (non-hydrogen) atoms. The summed E-state index contributed by atoms with van der Waals surface area (Å²) in [5.41, 5.74) is -2.27. The molecule has 4 nitrogen and oxygen atoms in total. The van der Waals surface area contributed by atoms with Crippen molar-refractivity contribution in [2.75, 3.05) is 6.61 Å². The predicted octanol–water partition coefficient (Wildman–Crippen LogP) is 4.45. The van der Waals surface area contributed by atoms with E-state index in [4.69, 9.17) is 16.3 Å². The van der Waals surface area contributed by atoms with Gasteiger partial charge in [-0.1, -0.05) is 23.7 Å². The van der Waals surface area contributed by atoms with Gasteiger partial charge in [0.2, 0.25) is 0 Å². The standard InChI is InChI=1S/C18H14ClF3N2O2/c1-17(10-23,11-26-15-5-3-2-4-14(15)19)24-16(25)12-6-8-13(9-7-12)18(20,21)22/h2-9H,11H2,1H3,(H,24,25). The van der Waals surface area contributed by atoms with Crippen molar-refractivity contribution in [3.05, 3.63) is 64.7 Å². The summed E-state index contributed by atoms with van der Waals surface area (Å²) in [4.78, 5) is 12.2. The first kappa shape index (κ1) is 19.6. The van der Waals surface area contributed by atoms with E-state index in [1.807, 2.05) is 6.07 Å². The highest BCUT2D eigenvalue weighted by molar-refractivity contribution is 6.32. The maximum Gasteiger partial charge on any atom is 0.416 e. The topological polar surface area (TPSA) is 62.1 Å². The van der Waals surface area contributed by atoms with Crippen LogP contribution in [0.25, 0.3) is 0 Å². The molecule has 1 N–H and O–H groups in total. The Morgan fingerprint density at radius 2 is 1.81 bits per heavy atom. The number of rotatable bonds is 5. The molecule has 0 heterocycles. The van der Waals surface area contributed by atoms with E-state index in [9.17, 15) is 23.2 Å². The second-order valence-corrected chi connectivity index (χ2v) is 6.10. The zero-order valence-electron chi connectivity index (χ0n) is 13.6. The summed E-state index contributed by atoms with van der Waals surface area (Å²) in [6.45, 7) is 1.24. The molecule has 0 fully saturated rings. The number of hydrogen-bond acceptors (Lipinski definition) is 3. The highest BCUT2D eigenvalue weighted by Gasteiger charge is 2.31. The molecule has 0 radical (unpaired) electrons. The Morgan fingerprint density at radius 3 is 2.35 bits per heavy atom. The molecular weight excluding hydrogens is 369 g/mol. The van der Waals surface area contributed by atoms with Crippen LogP contribution in [0.1, 0.15) is 22.8 Å². The first-order valence-corrected chi connectivity index (χ1v) is 7.81. The highest BCUT2D eigenvalue weighted by Crippen LogP contribution is 2.29. The number of alkyl halides is 3. The van der Waals surface area contributed by atoms with E-state index < -0.39 is 23.2 Å². The van der Waals surface area contributed by atoms with Crippen molar-refractivity contribution >= 4 is 17.5 Å². The van der Waals surface area contributed by atoms with E-state index in [0.29, 0.717) is 10.8 Å². The molecule has 0 saturated carbocycles. The number of carbonyl (C=O) groups is 1. The molecule has 0 aliphatic heterocycles. The molecule has 0 aliphatic rings. The number of para-hydroxylation sites is 1. The third-order valence-electron chi connectivity index (χ3n) is 3.46. The van der Waals surface area contributed by atoms with Crippen LogP contribution in [-0.4, -0.2) is 18.1 Å². The van der Waals surface area contributed by atoms with E-state index in [2.05, 4.69) is 5.32 Å². The molecule has 1 amide bonds. The first-order chi connectivity index (χ1) is 12.1. The van der Waals surface area contributed by atoms with Gasteiger partial charge in [0.1, 0.15) is 12.4 Å². The zero-order valence-corrected chi connectivity index (χ0v) is 14.4. The second kappa shape index (κ2) is 7.67. The van der Waals surface area contributed by atoms with Gasteiger partial charge in [0, 0.05) is 5.56 Å². The fraction of sp³-hybridized carbons (Fsp3) is 0.222. The molecule has 2 aromatic carbocycles. The summed E-state index contributed by atoms with van der Waals surface area (Å²) >= 11 is 5.96. The smallest absolute Gasteiger partial charge is 0.416 e. The van der Waals surface area contributed by atoms with E-state index in [1.54, 1.807) is 24.3 Å². The van der Waals surface area contributed by atoms with Crippen molar-refractivity contribution in [2.45, 2.75) is 18.6 Å². The minimum atomic E-state index is -4.49. The fourth-order valence-corrected chi connectivity index (χ4v) is 2.20. The van der Waals surface area contributed by atoms with Crippen molar-refractivity contribution < 1.29 is 22.7 Å². The molecular formula is C18H14ClF3N2O2. The van der Waals surface area contributed by atoms with Crippen molar-refractivity contribution in [2.24, 2.45) is 0 Å². The lowest BCUT2D eigenvalue weighted by atomic mass is 10.0. The summed E-state index contributed by atoms with van der Waals surface area (Å²) in [6, 6.07) is 12.3. The molecule has 0 saturated heterocycles. The number of nitriles is 1. The number of nitrogens with one attached hydrogen (secondary N) is 1. The summed E-state index contributed by atoms with van der Waals surface area (Å²) in [5, 5.41) is 12.2. The Kier molecular flexibility index (Phi) is 5.78. The quantitative estimate of drug-likeness (QED) is 0.831. The SMILES string of the molecule is CC(C#N)(COc1ccccc1Cl)NC(=O)c1ccc(C(F)(F)F)cc1. The Morgan fingerprint density at radius 1 is 1.19 bits per heavy atom. The van der Waals surface area contributed by atoms with Gasteiger partial charge in [-0.25, -0.2) is 0 Å². The maximum atomic E-state index is 12.6. The molecule has 1 atom stereocenters. The molecule has 8 heteroatoms. The third kappa shape index (κ3) is 4.90. The van der Waals surface area contributed by atoms with Crippen LogP contribution in [0.2, 0.25) is 5.02 Å². The highest BCUT2D eigenvalue weighted by atomic mass is 35.5. The number of carbonyl (C=O) groups excluding carboxylic acids is 1. The van der Waals surface area contributed by atoms with Gasteiger partial charge in [-0.3, -0.25) is 4.79 Å². The number of halogens is 4. The number of amides is 1. The zero-order chi connectivity index (χ0) is 19.4. The Bertz CT molecular complexity index is 832. The molecule has 0 spiro atoms. The van der Waals surface area contributed by atoms with Crippen LogP contribution in [0.3, 0.4) is 0 Å². The number of benzene rings is 2. The van der Waals surface area contributed by atoms with Gasteiger partial charge in [0.15, 0.2) is 5.54 Å². The van der Waals surface area contributed by atoms with Crippen molar-refractivity contribution in [3.8, 4) is 11.8 Å². The van der Waals surface area contributed by atoms with Gasteiger partial charge in [0.05, 0.1) is 16.7 Å². The van der Waals surface area contributed by atoms with E-state index >= 15 is 0 Å². The summed E-state index contributed by atoms with van der Waals surface area (Å²) < 4.78 is 43.2. The van der Waals surface area contributed by atoms with Gasteiger partial charge >= 0.3 is 6.18 Å². The minimum Gasteiger partial charge on any atom is -0.488 e. The Hall–Kier alpha value is -2.72. The van der Waals surface area contributed by atoms with Crippen LogP contribution in [0.4, 0.5) is 13.2 Å². The Balaban J connectivity index is 2.07. The molecule has 0 bridgehead atoms. The van der Waals surface area contributed by atoms with Crippen LogP contribution >= 0.6 is 11.6 Å². The molecule has 0 aromatic heterocycles. The largest absolute Gasteiger partial charge is 0.488 e. The first-order valence-electron chi connectivity index (χ1n) is 7.43. The maximum absolute atomic E-state index is 12.6. The summed E-state index contributed by atoms with van der Waals surface area (Å²) in [7, 11) is 0. The normalized spacial score (nSPS) is 13.4. The van der Waals surface area contributed by atoms with Crippen LogP contribution in [-0.2, 0) is 6.18 Å². The van der Waals surface area contributed by atoms with Gasteiger partial charge in [-0.05, 0) is 43.3 Å². The number of nitrogens with zero attached hydrogens (tertiary/aromatic N) is 1. The molecule has 0 aliphatic carbocycles. The van der Waals surface area contributed by atoms with E-state index in [-0.39, 0.29) is 12.2 Å². The van der Waals surface area contributed by atoms with Gasteiger partial charge in [-0.2, -0.15) is 18.4 Å². The fourth-order valence-electron chi connectivity index (χ4n) is 2.01. The lowest BCUT2D eigenvalue weighted by Crippen LogP contribution is -2.49. The lowest BCUT2D eigenvalue weighted by Gasteiger charge is -2.24. The molecule has 1 unspecified atom stereocenters. The van der Waals surface area contributed by atoms with Crippen molar-refractivity contribution in [1.82, 2.24) is 5.32 Å². The Labute approximate surface area is 153 Å². The molecule has 2 rings (SSSR count). The molecule has 2 aromatic rings. The van der Waals surface area contributed by atoms with E-state index in [0.717, 1.165) is 24.3 Å². The predicted molar refractivity (Wildman–Crippen MR) is 89.9 cm³/mol. The van der Waals surface area contributed by atoms with Crippen LogP contribution in [0.5, 0.6) is 5.75 Å². The average molecular weight is 383 g/mol. The second-order valence-electron chi connectivity index (χ2n) is 5.69. The summed E-state index contributed by atoms with van der Waals surface area (Å²) in [5.74, 6) is -0.343. The van der Waals surface area contributed by atoms with Crippen molar-refractivity contribution in [1.29, 1.82) is 5.26 Å². The van der Waals surface area contributed by atoms with Crippen molar-refractivity contribution in [3.63, 3.8) is 0 Å². The minimum absolute atomic E-state index is 0.00258. The van der Waals surface area contributed by atoms with E-state index in [1.165, 1.54) is 6.92 Å². The van der Waals surface area contributed by atoms with Crippen LogP contribution in [0.15, 0.2) is 48.5 Å². The van der Waals surface area contributed by atoms with Crippen LogP contribution in [0, 0.1) is 11.3 Å². The molecule has 136 valence electrons. The third-order valence-corrected chi connectivity index (χ3v) is 3.78. The van der Waals surface area contributed by atoms with Gasteiger partial charge < -0.3 is 10.1 Å². The summed E-state index contributed by atoms with van der Waals surface area (Å²) in [6.07, 6.45) is -4.49. The number of hydrogen-bond donors (Lipinski definition) is 1. The van der Waals surface area contributed by atoms with Gasteiger partial charge in [0.25, 0.3) is 5.91 Å². The van der Waals surface area contributed by atoms with Gasteiger partial charge in [-0.15, -0.1) is 0 Å². The van der Waals surface area contributed by atoms with Crippen LogP contribution < -0.4 is 10.1 Å². The monoisotopic (exact) mass is 382 g/mol. The lowest BCUT2D eigenvalue weighted by molar-refractivity contribution is -0.137.